The Hall–Kier alpha value is -2.34. The molecule has 3 rings (SSSR count). The Morgan fingerprint density at radius 2 is 2.29 bits per heavy atom. The standard InChI is InChI=1S/C18H20FN3O2/c1-13-2-3-14(10-17(13)19)18(23)22-8-9-24-16(11-22)5-4-15-6-7-20-12-21-15/h2-3,6-7,10,12,16H,4-5,8-9,11H2,1H3/t16-/m0/s1. The van der Waals surface area contributed by atoms with Crippen LogP contribution in [0, 0.1) is 12.7 Å². The van der Waals surface area contributed by atoms with E-state index in [4.69, 9.17) is 4.74 Å². The van der Waals surface area contributed by atoms with Gasteiger partial charge in [0, 0.05) is 30.5 Å². The van der Waals surface area contributed by atoms with E-state index < -0.39 is 0 Å². The van der Waals surface area contributed by atoms with Crippen LogP contribution in [0.1, 0.15) is 28.0 Å². The molecule has 0 bridgehead atoms. The minimum absolute atomic E-state index is 0.0343. The monoisotopic (exact) mass is 329 g/mol. The lowest BCUT2D eigenvalue weighted by Crippen LogP contribution is -2.45. The minimum atomic E-state index is -0.352. The van der Waals surface area contributed by atoms with E-state index in [1.807, 2.05) is 6.07 Å². The van der Waals surface area contributed by atoms with Gasteiger partial charge in [-0.2, -0.15) is 0 Å². The van der Waals surface area contributed by atoms with Gasteiger partial charge in [-0.25, -0.2) is 14.4 Å². The molecule has 0 radical (unpaired) electrons. The van der Waals surface area contributed by atoms with Gasteiger partial charge in [-0.15, -0.1) is 0 Å². The number of halogens is 1. The van der Waals surface area contributed by atoms with Crippen LogP contribution >= 0.6 is 0 Å². The van der Waals surface area contributed by atoms with Gasteiger partial charge >= 0.3 is 0 Å². The number of hydrogen-bond acceptors (Lipinski definition) is 4. The first-order valence-electron chi connectivity index (χ1n) is 8.05. The van der Waals surface area contributed by atoms with Gasteiger partial charge in [-0.1, -0.05) is 6.07 Å². The number of aromatic nitrogens is 2. The third kappa shape index (κ3) is 3.94. The number of carbonyl (C=O) groups excluding carboxylic acids is 1. The van der Waals surface area contributed by atoms with E-state index in [0.717, 1.165) is 18.5 Å². The van der Waals surface area contributed by atoms with Gasteiger partial charge in [0.25, 0.3) is 5.91 Å². The van der Waals surface area contributed by atoms with Crippen LogP contribution in [-0.4, -0.2) is 46.6 Å². The zero-order chi connectivity index (χ0) is 16.9. The van der Waals surface area contributed by atoms with Crippen LogP contribution in [0.15, 0.2) is 36.8 Å². The fourth-order valence-corrected chi connectivity index (χ4v) is 2.76. The van der Waals surface area contributed by atoms with Gasteiger partial charge in [0.05, 0.1) is 12.7 Å². The largest absolute Gasteiger partial charge is 0.375 e. The summed E-state index contributed by atoms with van der Waals surface area (Å²) in [5.41, 5.74) is 1.88. The van der Waals surface area contributed by atoms with Crippen molar-refractivity contribution in [3.05, 3.63) is 59.4 Å². The molecule has 1 saturated heterocycles. The Morgan fingerprint density at radius 3 is 3.04 bits per heavy atom. The highest BCUT2D eigenvalue weighted by Gasteiger charge is 2.25. The van der Waals surface area contributed by atoms with Crippen LogP contribution in [0.2, 0.25) is 0 Å². The van der Waals surface area contributed by atoms with Gasteiger partial charge in [0.2, 0.25) is 0 Å². The summed E-state index contributed by atoms with van der Waals surface area (Å²) in [6.07, 6.45) is 4.76. The highest BCUT2D eigenvalue weighted by atomic mass is 19.1. The molecule has 0 N–H and O–H groups in total. The first-order chi connectivity index (χ1) is 11.6. The molecule has 24 heavy (non-hydrogen) atoms. The molecule has 1 fully saturated rings. The van der Waals surface area contributed by atoms with Crippen molar-refractivity contribution >= 4 is 5.91 Å². The van der Waals surface area contributed by atoms with Crippen LogP contribution < -0.4 is 0 Å². The molecule has 1 aliphatic rings. The molecule has 1 aliphatic heterocycles. The number of benzene rings is 1. The molecule has 1 aromatic heterocycles. The SMILES string of the molecule is Cc1ccc(C(=O)N2CCO[C@@H](CCc3ccncn3)C2)cc1F. The van der Waals surface area contributed by atoms with Crippen molar-refractivity contribution in [2.75, 3.05) is 19.7 Å². The summed E-state index contributed by atoms with van der Waals surface area (Å²) in [5.74, 6) is -0.501. The van der Waals surface area contributed by atoms with Crippen LogP contribution in [0.25, 0.3) is 0 Å². The van der Waals surface area contributed by atoms with Gasteiger partial charge < -0.3 is 9.64 Å². The molecular formula is C18H20FN3O2. The molecule has 2 heterocycles. The molecule has 0 aliphatic carbocycles. The van der Waals surface area contributed by atoms with Crippen LogP contribution in [0.3, 0.4) is 0 Å². The molecule has 1 amide bonds. The topological polar surface area (TPSA) is 55.3 Å². The van der Waals surface area contributed by atoms with Crippen molar-refractivity contribution in [1.82, 2.24) is 14.9 Å². The summed E-state index contributed by atoms with van der Waals surface area (Å²) < 4.78 is 19.4. The molecule has 126 valence electrons. The molecule has 5 nitrogen and oxygen atoms in total. The highest BCUT2D eigenvalue weighted by molar-refractivity contribution is 5.94. The Kier molecular flexibility index (Phi) is 5.15. The molecular weight excluding hydrogens is 309 g/mol. The van der Waals surface area contributed by atoms with E-state index in [2.05, 4.69) is 9.97 Å². The first-order valence-corrected chi connectivity index (χ1v) is 8.05. The molecule has 6 heteroatoms. The second-order valence-electron chi connectivity index (χ2n) is 5.95. The number of hydrogen-bond donors (Lipinski definition) is 0. The van der Waals surface area contributed by atoms with E-state index in [1.165, 1.54) is 12.4 Å². The summed E-state index contributed by atoms with van der Waals surface area (Å²) >= 11 is 0. The second-order valence-corrected chi connectivity index (χ2v) is 5.95. The van der Waals surface area contributed by atoms with Gasteiger partial charge in [0.15, 0.2) is 0 Å². The van der Waals surface area contributed by atoms with E-state index in [0.29, 0.717) is 30.8 Å². The fraction of sp³-hybridized carbons (Fsp3) is 0.389. The average Bonchev–Trinajstić information content (AvgIpc) is 2.63. The van der Waals surface area contributed by atoms with Crippen LogP contribution in [0.5, 0.6) is 0 Å². The highest BCUT2D eigenvalue weighted by Crippen LogP contribution is 2.16. The molecule has 1 aromatic carbocycles. The van der Waals surface area contributed by atoms with Crippen molar-refractivity contribution < 1.29 is 13.9 Å². The number of ether oxygens (including phenoxy) is 1. The van der Waals surface area contributed by atoms with Crippen molar-refractivity contribution in [2.24, 2.45) is 0 Å². The zero-order valence-corrected chi connectivity index (χ0v) is 13.6. The van der Waals surface area contributed by atoms with Crippen LogP contribution in [-0.2, 0) is 11.2 Å². The third-order valence-electron chi connectivity index (χ3n) is 4.21. The number of nitrogens with zero attached hydrogens (tertiary/aromatic N) is 3. The summed E-state index contributed by atoms with van der Waals surface area (Å²) in [5, 5.41) is 0. The molecule has 1 atom stereocenters. The van der Waals surface area contributed by atoms with Crippen molar-refractivity contribution in [2.45, 2.75) is 25.9 Å². The fourth-order valence-electron chi connectivity index (χ4n) is 2.76. The van der Waals surface area contributed by atoms with E-state index >= 15 is 0 Å². The Labute approximate surface area is 140 Å². The molecule has 2 aromatic rings. The Bertz CT molecular complexity index is 709. The lowest BCUT2D eigenvalue weighted by molar-refractivity contribution is -0.0247. The van der Waals surface area contributed by atoms with Gasteiger partial charge in [0.1, 0.15) is 12.1 Å². The number of aryl methyl sites for hydroxylation is 2. The number of carbonyl (C=O) groups is 1. The van der Waals surface area contributed by atoms with Gasteiger partial charge in [-0.3, -0.25) is 4.79 Å². The summed E-state index contributed by atoms with van der Waals surface area (Å²) in [4.78, 5) is 22.4. The first kappa shape index (κ1) is 16.5. The number of morpholine rings is 1. The Morgan fingerprint density at radius 1 is 1.42 bits per heavy atom. The Balaban J connectivity index is 1.60. The minimum Gasteiger partial charge on any atom is -0.375 e. The smallest absolute Gasteiger partial charge is 0.254 e. The summed E-state index contributed by atoms with van der Waals surface area (Å²) in [7, 11) is 0. The lowest BCUT2D eigenvalue weighted by Gasteiger charge is -2.33. The maximum absolute atomic E-state index is 13.7. The molecule has 0 saturated carbocycles. The number of amides is 1. The van der Waals surface area contributed by atoms with E-state index in [9.17, 15) is 9.18 Å². The molecule has 0 spiro atoms. The van der Waals surface area contributed by atoms with E-state index in [-0.39, 0.29) is 17.8 Å². The maximum Gasteiger partial charge on any atom is 0.254 e. The normalized spacial score (nSPS) is 17.8. The predicted octanol–water partition coefficient (Wildman–Crippen LogP) is 2.40. The third-order valence-corrected chi connectivity index (χ3v) is 4.21. The van der Waals surface area contributed by atoms with Crippen LogP contribution in [0.4, 0.5) is 4.39 Å². The second kappa shape index (κ2) is 7.49. The van der Waals surface area contributed by atoms with Crippen molar-refractivity contribution in [3.63, 3.8) is 0 Å². The average molecular weight is 329 g/mol. The quantitative estimate of drug-likeness (QED) is 0.864. The number of rotatable bonds is 4. The predicted molar refractivity (Wildman–Crippen MR) is 87.1 cm³/mol. The van der Waals surface area contributed by atoms with Gasteiger partial charge in [-0.05, 0) is 43.5 Å². The summed E-state index contributed by atoms with van der Waals surface area (Å²) in [6.45, 7) is 3.22. The zero-order valence-electron chi connectivity index (χ0n) is 13.6. The van der Waals surface area contributed by atoms with Crippen molar-refractivity contribution in [1.29, 1.82) is 0 Å². The van der Waals surface area contributed by atoms with Crippen molar-refractivity contribution in [3.8, 4) is 0 Å². The van der Waals surface area contributed by atoms with E-state index in [1.54, 1.807) is 30.2 Å². The lowest BCUT2D eigenvalue weighted by atomic mass is 10.1. The molecule has 0 unspecified atom stereocenters. The summed E-state index contributed by atoms with van der Waals surface area (Å²) in [6, 6.07) is 6.49. The maximum atomic E-state index is 13.7.